The van der Waals surface area contributed by atoms with Gasteiger partial charge in [-0.1, -0.05) is 36.4 Å². The highest BCUT2D eigenvalue weighted by molar-refractivity contribution is 8.13. The standard InChI is InChI=1S/C10H11ClO2S/c1-8(2)10-5-3-4-9(6-10)7-14(11,12)13/h3-6H,1,7H2,2H3. The third kappa shape index (κ3) is 3.52. The van der Waals surface area contributed by atoms with Gasteiger partial charge in [0.15, 0.2) is 0 Å². The Morgan fingerprint density at radius 1 is 1.50 bits per heavy atom. The van der Waals surface area contributed by atoms with Gasteiger partial charge in [0, 0.05) is 10.7 Å². The largest absolute Gasteiger partial charge is 0.236 e. The van der Waals surface area contributed by atoms with Gasteiger partial charge in [0.05, 0.1) is 5.75 Å². The summed E-state index contributed by atoms with van der Waals surface area (Å²) in [6.07, 6.45) is 0. The van der Waals surface area contributed by atoms with Crippen LogP contribution in [0.15, 0.2) is 30.8 Å². The van der Waals surface area contributed by atoms with Crippen molar-refractivity contribution < 1.29 is 8.42 Å². The molecule has 0 aliphatic carbocycles. The third-order valence-electron chi connectivity index (χ3n) is 1.76. The molecule has 0 aromatic heterocycles. The number of rotatable bonds is 3. The lowest BCUT2D eigenvalue weighted by atomic mass is 10.1. The molecule has 0 spiro atoms. The van der Waals surface area contributed by atoms with E-state index in [0.717, 1.165) is 11.1 Å². The van der Waals surface area contributed by atoms with E-state index < -0.39 is 9.05 Å². The van der Waals surface area contributed by atoms with Gasteiger partial charge in [-0.25, -0.2) is 8.42 Å². The van der Waals surface area contributed by atoms with Crippen LogP contribution in [-0.4, -0.2) is 8.42 Å². The predicted octanol–water partition coefficient (Wildman–Crippen LogP) is 2.79. The summed E-state index contributed by atoms with van der Waals surface area (Å²) in [5.41, 5.74) is 2.52. The lowest BCUT2D eigenvalue weighted by Gasteiger charge is -2.02. The summed E-state index contributed by atoms with van der Waals surface area (Å²) in [5, 5.41) is 0. The molecule has 76 valence electrons. The second kappa shape index (κ2) is 4.15. The second-order valence-corrected chi connectivity index (χ2v) is 5.94. The fourth-order valence-corrected chi connectivity index (χ4v) is 2.08. The molecule has 0 aliphatic rings. The fourth-order valence-electron chi connectivity index (χ4n) is 1.13. The summed E-state index contributed by atoms with van der Waals surface area (Å²) in [4.78, 5) is 0. The molecule has 1 rings (SSSR count). The number of halogens is 1. The Morgan fingerprint density at radius 3 is 2.64 bits per heavy atom. The molecule has 4 heteroatoms. The third-order valence-corrected chi connectivity index (χ3v) is 2.76. The summed E-state index contributed by atoms with van der Waals surface area (Å²) in [7, 11) is 1.67. The van der Waals surface area contributed by atoms with Crippen LogP contribution in [-0.2, 0) is 14.8 Å². The van der Waals surface area contributed by atoms with Crippen molar-refractivity contribution in [3.05, 3.63) is 42.0 Å². The Bertz CT molecular complexity index is 449. The van der Waals surface area contributed by atoms with Gasteiger partial charge in [-0.2, -0.15) is 0 Å². The van der Waals surface area contributed by atoms with Crippen molar-refractivity contribution >= 4 is 25.3 Å². The van der Waals surface area contributed by atoms with Crippen LogP contribution in [0.3, 0.4) is 0 Å². The van der Waals surface area contributed by atoms with Crippen LogP contribution in [0, 0.1) is 0 Å². The van der Waals surface area contributed by atoms with Gasteiger partial charge in [-0.05, 0) is 18.1 Å². The van der Waals surface area contributed by atoms with Gasteiger partial charge in [0.2, 0.25) is 9.05 Å². The summed E-state index contributed by atoms with van der Waals surface area (Å²) in [6, 6.07) is 7.18. The van der Waals surface area contributed by atoms with E-state index in [1.54, 1.807) is 18.2 Å². The average Bonchev–Trinajstić information content (AvgIpc) is 2.01. The van der Waals surface area contributed by atoms with Crippen LogP contribution < -0.4 is 0 Å². The van der Waals surface area contributed by atoms with E-state index in [2.05, 4.69) is 6.58 Å². The lowest BCUT2D eigenvalue weighted by molar-refractivity contribution is 0.609. The minimum atomic E-state index is -3.48. The van der Waals surface area contributed by atoms with Crippen molar-refractivity contribution in [2.75, 3.05) is 0 Å². The first kappa shape index (κ1) is 11.3. The topological polar surface area (TPSA) is 34.1 Å². The van der Waals surface area contributed by atoms with Gasteiger partial charge in [0.1, 0.15) is 0 Å². The summed E-state index contributed by atoms with van der Waals surface area (Å²) in [6.45, 7) is 5.65. The molecule has 0 amide bonds. The van der Waals surface area contributed by atoms with E-state index in [0.29, 0.717) is 5.56 Å². The van der Waals surface area contributed by atoms with Crippen LogP contribution in [0.4, 0.5) is 0 Å². The van der Waals surface area contributed by atoms with E-state index in [4.69, 9.17) is 10.7 Å². The van der Waals surface area contributed by atoms with E-state index in [-0.39, 0.29) is 5.75 Å². The van der Waals surface area contributed by atoms with Gasteiger partial charge in [0.25, 0.3) is 0 Å². The molecule has 0 heterocycles. The molecular weight excluding hydrogens is 220 g/mol. The van der Waals surface area contributed by atoms with Crippen LogP contribution in [0.5, 0.6) is 0 Å². The van der Waals surface area contributed by atoms with Crippen LogP contribution in [0.2, 0.25) is 0 Å². The Balaban J connectivity index is 3.01. The zero-order chi connectivity index (χ0) is 10.8. The molecule has 0 atom stereocenters. The lowest BCUT2D eigenvalue weighted by Crippen LogP contribution is -1.95. The smallest absolute Gasteiger partial charge is 0.212 e. The first-order valence-corrected chi connectivity index (χ1v) is 6.53. The highest BCUT2D eigenvalue weighted by Crippen LogP contribution is 2.16. The van der Waals surface area contributed by atoms with Crippen molar-refractivity contribution in [1.82, 2.24) is 0 Å². The number of hydrogen-bond acceptors (Lipinski definition) is 2. The van der Waals surface area contributed by atoms with E-state index in [1.165, 1.54) is 0 Å². The van der Waals surface area contributed by atoms with Crippen molar-refractivity contribution in [3.8, 4) is 0 Å². The average molecular weight is 231 g/mol. The molecule has 0 N–H and O–H groups in total. The molecular formula is C10H11ClO2S. The summed E-state index contributed by atoms with van der Waals surface area (Å²) in [5.74, 6) is -0.143. The van der Waals surface area contributed by atoms with Gasteiger partial charge >= 0.3 is 0 Å². The Labute approximate surface area is 88.6 Å². The van der Waals surface area contributed by atoms with Crippen molar-refractivity contribution in [2.24, 2.45) is 0 Å². The second-order valence-electron chi connectivity index (χ2n) is 3.16. The maximum absolute atomic E-state index is 10.8. The number of allylic oxidation sites excluding steroid dienone is 1. The predicted molar refractivity (Wildman–Crippen MR) is 59.6 cm³/mol. The van der Waals surface area contributed by atoms with Crippen LogP contribution in [0.25, 0.3) is 5.57 Å². The zero-order valence-electron chi connectivity index (χ0n) is 7.83. The maximum Gasteiger partial charge on any atom is 0.236 e. The van der Waals surface area contributed by atoms with Gasteiger partial charge < -0.3 is 0 Å². The summed E-state index contributed by atoms with van der Waals surface area (Å²) < 4.78 is 21.6. The SMILES string of the molecule is C=C(C)c1cccc(CS(=O)(=O)Cl)c1. The summed E-state index contributed by atoms with van der Waals surface area (Å²) >= 11 is 0. The zero-order valence-corrected chi connectivity index (χ0v) is 9.40. The van der Waals surface area contributed by atoms with Crippen LogP contribution >= 0.6 is 10.7 Å². The highest BCUT2D eigenvalue weighted by Gasteiger charge is 2.07. The molecule has 0 fully saturated rings. The van der Waals surface area contributed by atoms with Crippen molar-refractivity contribution in [2.45, 2.75) is 12.7 Å². The molecule has 0 radical (unpaired) electrons. The first-order valence-electron chi connectivity index (χ1n) is 4.05. The molecule has 2 nitrogen and oxygen atoms in total. The fraction of sp³-hybridized carbons (Fsp3) is 0.200. The minimum absolute atomic E-state index is 0.143. The van der Waals surface area contributed by atoms with Gasteiger partial charge in [-0.3, -0.25) is 0 Å². The minimum Gasteiger partial charge on any atom is -0.212 e. The van der Waals surface area contributed by atoms with E-state index >= 15 is 0 Å². The molecule has 0 saturated carbocycles. The molecule has 0 bridgehead atoms. The van der Waals surface area contributed by atoms with Crippen molar-refractivity contribution in [3.63, 3.8) is 0 Å². The van der Waals surface area contributed by atoms with E-state index in [9.17, 15) is 8.42 Å². The Hall–Kier alpha value is -0.800. The molecule has 14 heavy (non-hydrogen) atoms. The Kier molecular flexibility index (Phi) is 3.34. The number of hydrogen-bond donors (Lipinski definition) is 0. The monoisotopic (exact) mass is 230 g/mol. The molecule has 0 unspecified atom stereocenters. The molecule has 1 aromatic rings. The van der Waals surface area contributed by atoms with Crippen LogP contribution in [0.1, 0.15) is 18.1 Å². The van der Waals surface area contributed by atoms with Crippen molar-refractivity contribution in [1.29, 1.82) is 0 Å². The molecule has 0 saturated heterocycles. The molecule has 0 aliphatic heterocycles. The molecule has 1 aromatic carbocycles. The first-order chi connectivity index (χ1) is 6.38. The number of benzene rings is 1. The normalized spacial score (nSPS) is 11.3. The van der Waals surface area contributed by atoms with Gasteiger partial charge in [-0.15, -0.1) is 0 Å². The highest BCUT2D eigenvalue weighted by atomic mass is 35.7. The van der Waals surface area contributed by atoms with E-state index in [1.807, 2.05) is 13.0 Å². The quantitative estimate of drug-likeness (QED) is 0.749. The Morgan fingerprint density at radius 2 is 2.14 bits per heavy atom. The maximum atomic E-state index is 10.8.